The quantitative estimate of drug-likeness (QED) is 0.650. The molecule has 5 nitrogen and oxygen atoms in total. The van der Waals surface area contributed by atoms with Gasteiger partial charge < -0.3 is 10.1 Å². The lowest BCUT2D eigenvalue weighted by Crippen LogP contribution is -2.27. The number of carbonyl (C=O) groups is 1. The first-order valence-corrected chi connectivity index (χ1v) is 7.06. The van der Waals surface area contributed by atoms with Crippen LogP contribution in [0.15, 0.2) is 30.6 Å². The smallest absolute Gasteiger partial charge is 0.253 e. The van der Waals surface area contributed by atoms with E-state index >= 15 is 0 Å². The number of aromatic nitrogens is 2. The first-order chi connectivity index (χ1) is 9.33. The van der Waals surface area contributed by atoms with Gasteiger partial charge in [0.05, 0.1) is 24.3 Å². The van der Waals surface area contributed by atoms with Crippen LogP contribution in [0.4, 0.5) is 0 Å². The normalized spacial score (nSPS) is 10.6. The highest BCUT2D eigenvalue weighted by molar-refractivity contribution is 9.09. The summed E-state index contributed by atoms with van der Waals surface area (Å²) in [6.07, 6.45) is 3.19. The minimum Gasteiger partial charge on any atom is -0.379 e. The van der Waals surface area contributed by atoms with Crippen LogP contribution in [0.5, 0.6) is 0 Å². The highest BCUT2D eigenvalue weighted by Crippen LogP contribution is 2.13. The van der Waals surface area contributed by atoms with E-state index in [1.165, 1.54) is 0 Å². The Hall–Kier alpha value is -1.53. The fraction of sp³-hybridized carbons (Fsp3) is 0.308. The van der Waals surface area contributed by atoms with Crippen LogP contribution in [-0.4, -0.2) is 41.0 Å². The number of para-hydroxylation sites is 1. The monoisotopic (exact) mass is 323 g/mol. The Bertz CT molecular complexity index is 557. The van der Waals surface area contributed by atoms with Gasteiger partial charge in [-0.3, -0.25) is 14.8 Å². The number of hydrogen-bond acceptors (Lipinski definition) is 4. The molecular formula is C13H14BrN3O2. The summed E-state index contributed by atoms with van der Waals surface area (Å²) in [6, 6.07) is 5.37. The number of ether oxygens (including phenoxy) is 1. The molecule has 1 N–H and O–H groups in total. The van der Waals surface area contributed by atoms with Crippen LogP contribution in [0.1, 0.15) is 10.4 Å². The molecule has 6 heteroatoms. The molecule has 0 saturated heterocycles. The molecule has 0 unspecified atom stereocenters. The molecule has 0 spiro atoms. The molecular weight excluding hydrogens is 310 g/mol. The van der Waals surface area contributed by atoms with Crippen LogP contribution < -0.4 is 5.32 Å². The summed E-state index contributed by atoms with van der Waals surface area (Å²) in [5.74, 6) is -0.159. The van der Waals surface area contributed by atoms with Crippen molar-refractivity contribution in [3.63, 3.8) is 0 Å². The molecule has 2 aromatic rings. The average molecular weight is 324 g/mol. The number of amides is 1. The zero-order valence-corrected chi connectivity index (χ0v) is 11.9. The number of hydrogen-bond donors (Lipinski definition) is 1. The lowest BCUT2D eigenvalue weighted by molar-refractivity contribution is 0.0925. The Balaban J connectivity index is 2.01. The molecule has 0 aliphatic carbocycles. The maximum absolute atomic E-state index is 12.0. The molecule has 0 fully saturated rings. The lowest BCUT2D eigenvalue weighted by atomic mass is 10.1. The van der Waals surface area contributed by atoms with Crippen LogP contribution in [0.25, 0.3) is 11.0 Å². The second-order valence-corrected chi connectivity index (χ2v) is 4.58. The van der Waals surface area contributed by atoms with E-state index in [4.69, 9.17) is 4.74 Å². The Kier molecular flexibility index (Phi) is 5.23. The molecule has 1 heterocycles. The number of nitrogens with one attached hydrogen (secondary N) is 1. The number of halogens is 1. The second kappa shape index (κ2) is 7.16. The zero-order valence-electron chi connectivity index (χ0n) is 10.3. The summed E-state index contributed by atoms with van der Waals surface area (Å²) >= 11 is 3.27. The van der Waals surface area contributed by atoms with E-state index < -0.39 is 0 Å². The Morgan fingerprint density at radius 3 is 2.95 bits per heavy atom. The van der Waals surface area contributed by atoms with E-state index in [1.807, 2.05) is 6.07 Å². The van der Waals surface area contributed by atoms with Crippen molar-refractivity contribution in [3.8, 4) is 0 Å². The molecule has 1 aromatic carbocycles. The van der Waals surface area contributed by atoms with E-state index in [2.05, 4.69) is 31.2 Å². The summed E-state index contributed by atoms with van der Waals surface area (Å²) in [5, 5.41) is 3.59. The molecule has 0 atom stereocenters. The molecule has 2 rings (SSSR count). The van der Waals surface area contributed by atoms with Crippen LogP contribution >= 0.6 is 15.9 Å². The minimum atomic E-state index is -0.159. The second-order valence-electron chi connectivity index (χ2n) is 3.79. The molecule has 0 bridgehead atoms. The maximum atomic E-state index is 12.0. The Morgan fingerprint density at radius 2 is 2.11 bits per heavy atom. The van der Waals surface area contributed by atoms with Crippen molar-refractivity contribution in [2.75, 3.05) is 25.1 Å². The zero-order chi connectivity index (χ0) is 13.5. The number of alkyl halides is 1. The third kappa shape index (κ3) is 3.71. The van der Waals surface area contributed by atoms with Crippen molar-refractivity contribution >= 4 is 32.9 Å². The number of carbonyl (C=O) groups excluding carboxylic acids is 1. The lowest BCUT2D eigenvalue weighted by Gasteiger charge is -2.07. The van der Waals surface area contributed by atoms with Gasteiger partial charge in [0.1, 0.15) is 5.52 Å². The fourth-order valence-electron chi connectivity index (χ4n) is 1.66. The Labute approximate surface area is 119 Å². The van der Waals surface area contributed by atoms with Crippen molar-refractivity contribution in [3.05, 3.63) is 36.2 Å². The predicted octanol–water partition coefficient (Wildman–Crippen LogP) is 1.77. The van der Waals surface area contributed by atoms with Gasteiger partial charge in [0.25, 0.3) is 5.91 Å². The summed E-state index contributed by atoms with van der Waals surface area (Å²) < 4.78 is 5.27. The van der Waals surface area contributed by atoms with Gasteiger partial charge >= 0.3 is 0 Å². The number of benzene rings is 1. The number of nitrogens with zero attached hydrogens (tertiary/aromatic N) is 2. The molecule has 100 valence electrons. The highest BCUT2D eigenvalue weighted by Gasteiger charge is 2.10. The molecule has 0 saturated carbocycles. The predicted molar refractivity (Wildman–Crippen MR) is 76.5 cm³/mol. The van der Waals surface area contributed by atoms with Crippen molar-refractivity contribution in [2.24, 2.45) is 0 Å². The topological polar surface area (TPSA) is 64.1 Å². The fourth-order valence-corrected chi connectivity index (χ4v) is 1.89. The van der Waals surface area contributed by atoms with Crippen molar-refractivity contribution in [2.45, 2.75) is 0 Å². The highest BCUT2D eigenvalue weighted by atomic mass is 79.9. The van der Waals surface area contributed by atoms with Gasteiger partial charge in [-0.05, 0) is 12.1 Å². The molecule has 0 radical (unpaired) electrons. The summed E-state index contributed by atoms with van der Waals surface area (Å²) in [6.45, 7) is 1.60. The van der Waals surface area contributed by atoms with Crippen LogP contribution in [0, 0.1) is 0 Å². The van der Waals surface area contributed by atoms with Crippen LogP contribution in [0.2, 0.25) is 0 Å². The van der Waals surface area contributed by atoms with E-state index in [0.717, 1.165) is 5.33 Å². The van der Waals surface area contributed by atoms with Gasteiger partial charge in [0.15, 0.2) is 0 Å². The summed E-state index contributed by atoms with van der Waals surface area (Å²) in [4.78, 5) is 20.4. The SMILES string of the molecule is O=C(NCCOCCBr)c1cccc2nccnc12. The molecule has 19 heavy (non-hydrogen) atoms. The van der Waals surface area contributed by atoms with Crippen molar-refractivity contribution in [1.82, 2.24) is 15.3 Å². The van der Waals surface area contributed by atoms with Crippen molar-refractivity contribution < 1.29 is 9.53 Å². The van der Waals surface area contributed by atoms with Crippen LogP contribution in [-0.2, 0) is 4.74 Å². The van der Waals surface area contributed by atoms with E-state index in [0.29, 0.717) is 36.4 Å². The first-order valence-electron chi connectivity index (χ1n) is 5.94. The maximum Gasteiger partial charge on any atom is 0.253 e. The van der Waals surface area contributed by atoms with E-state index in [-0.39, 0.29) is 5.91 Å². The van der Waals surface area contributed by atoms with E-state index in [9.17, 15) is 4.79 Å². The van der Waals surface area contributed by atoms with Gasteiger partial charge in [-0.15, -0.1) is 0 Å². The average Bonchev–Trinajstić information content (AvgIpc) is 2.46. The minimum absolute atomic E-state index is 0.159. The van der Waals surface area contributed by atoms with Crippen molar-refractivity contribution in [1.29, 1.82) is 0 Å². The molecule has 0 aliphatic heterocycles. The van der Waals surface area contributed by atoms with E-state index in [1.54, 1.807) is 24.5 Å². The first kappa shape index (κ1) is 13.9. The van der Waals surface area contributed by atoms with Gasteiger partial charge in [0.2, 0.25) is 0 Å². The molecule has 0 aliphatic rings. The molecule has 1 aromatic heterocycles. The van der Waals surface area contributed by atoms with Gasteiger partial charge in [-0.1, -0.05) is 22.0 Å². The third-order valence-corrected chi connectivity index (χ3v) is 2.82. The van der Waals surface area contributed by atoms with Gasteiger partial charge in [-0.25, -0.2) is 0 Å². The Morgan fingerprint density at radius 1 is 1.26 bits per heavy atom. The third-order valence-electron chi connectivity index (χ3n) is 2.50. The van der Waals surface area contributed by atoms with Gasteiger partial charge in [-0.2, -0.15) is 0 Å². The number of rotatable bonds is 6. The van der Waals surface area contributed by atoms with Crippen LogP contribution in [0.3, 0.4) is 0 Å². The molecule has 1 amide bonds. The standard InChI is InChI=1S/C13H14BrN3O2/c14-4-8-19-9-7-17-13(18)10-2-1-3-11-12(10)16-6-5-15-11/h1-3,5-6H,4,7-9H2,(H,17,18). The summed E-state index contributed by atoms with van der Waals surface area (Å²) in [7, 11) is 0. The largest absolute Gasteiger partial charge is 0.379 e. The van der Waals surface area contributed by atoms with Gasteiger partial charge in [0, 0.05) is 24.3 Å². The summed E-state index contributed by atoms with van der Waals surface area (Å²) in [5.41, 5.74) is 1.86. The number of fused-ring (bicyclic) bond motifs is 1.